The van der Waals surface area contributed by atoms with Gasteiger partial charge in [0.1, 0.15) is 0 Å². The van der Waals surface area contributed by atoms with Crippen LogP contribution in [0.25, 0.3) is 21.9 Å². The van der Waals surface area contributed by atoms with Crippen molar-refractivity contribution in [2.24, 2.45) is 0 Å². The van der Waals surface area contributed by atoms with Gasteiger partial charge >= 0.3 is 5.97 Å². The Morgan fingerprint density at radius 2 is 1.77 bits per heavy atom. The van der Waals surface area contributed by atoms with Crippen molar-refractivity contribution in [3.8, 4) is 16.9 Å². The minimum Gasteiger partial charge on any atom is -0.504 e. The summed E-state index contributed by atoms with van der Waals surface area (Å²) in [5, 5.41) is 11.6. The molecule has 0 aliphatic rings. The fourth-order valence-corrected chi connectivity index (χ4v) is 2.49. The van der Waals surface area contributed by atoms with Gasteiger partial charge in [0, 0.05) is 5.56 Å². The van der Waals surface area contributed by atoms with E-state index in [0.29, 0.717) is 16.7 Å². The topological polar surface area (TPSA) is 46.5 Å². The summed E-state index contributed by atoms with van der Waals surface area (Å²) in [6.07, 6.45) is 0. The van der Waals surface area contributed by atoms with Crippen molar-refractivity contribution < 1.29 is 19.0 Å². The molecule has 0 aromatic heterocycles. The maximum atomic E-state index is 13.6. The minimum absolute atomic E-state index is 0.382. The number of fused-ring (bicyclic) bond motifs is 1. The van der Waals surface area contributed by atoms with Gasteiger partial charge in [-0.05, 0) is 34.5 Å². The molecule has 0 spiro atoms. The van der Waals surface area contributed by atoms with Gasteiger partial charge < -0.3 is 9.84 Å². The molecule has 0 unspecified atom stereocenters. The molecule has 0 heterocycles. The van der Waals surface area contributed by atoms with Gasteiger partial charge in [0.15, 0.2) is 11.6 Å². The zero-order chi connectivity index (χ0) is 15.7. The van der Waals surface area contributed by atoms with E-state index in [1.807, 2.05) is 12.1 Å². The van der Waals surface area contributed by atoms with Crippen molar-refractivity contribution in [2.45, 2.75) is 0 Å². The molecule has 3 aromatic rings. The number of aromatic hydroxyl groups is 1. The Hall–Kier alpha value is -2.88. The minimum atomic E-state index is -0.682. The van der Waals surface area contributed by atoms with E-state index in [-0.39, 0.29) is 0 Å². The van der Waals surface area contributed by atoms with Gasteiger partial charge in [-0.3, -0.25) is 0 Å². The molecule has 110 valence electrons. The van der Waals surface area contributed by atoms with Crippen LogP contribution < -0.4 is 0 Å². The quantitative estimate of drug-likeness (QED) is 0.723. The first-order valence-electron chi connectivity index (χ1n) is 6.71. The molecule has 0 aliphatic carbocycles. The lowest BCUT2D eigenvalue weighted by Crippen LogP contribution is -2.00. The van der Waals surface area contributed by atoms with Gasteiger partial charge in [0.2, 0.25) is 0 Å². The van der Waals surface area contributed by atoms with Crippen LogP contribution in [-0.2, 0) is 4.74 Å². The summed E-state index contributed by atoms with van der Waals surface area (Å²) in [6.45, 7) is 0. The smallest absolute Gasteiger partial charge is 0.337 e. The lowest BCUT2D eigenvalue weighted by molar-refractivity contribution is 0.0601. The summed E-state index contributed by atoms with van der Waals surface area (Å²) < 4.78 is 18.3. The molecule has 0 aliphatic heterocycles. The highest BCUT2D eigenvalue weighted by molar-refractivity contribution is 6.02. The molecule has 3 aromatic carbocycles. The predicted octanol–water partition coefficient (Wildman–Crippen LogP) is 4.14. The Morgan fingerprint density at radius 1 is 1.05 bits per heavy atom. The number of halogens is 1. The molecular weight excluding hydrogens is 283 g/mol. The van der Waals surface area contributed by atoms with Crippen molar-refractivity contribution in [3.05, 3.63) is 66.0 Å². The standard InChI is InChI=1S/C18H13FO3/c1-22-18(21)12-9-8-11-4-2-5-13(15(11)10-12)14-6-3-7-16(19)17(14)20/h2-10,20H,1H3. The third-order valence-corrected chi connectivity index (χ3v) is 3.58. The highest BCUT2D eigenvalue weighted by Crippen LogP contribution is 2.36. The predicted molar refractivity (Wildman–Crippen MR) is 82.3 cm³/mol. The van der Waals surface area contributed by atoms with Gasteiger partial charge in [0.05, 0.1) is 12.7 Å². The molecule has 1 N–H and O–H groups in total. The number of rotatable bonds is 2. The van der Waals surface area contributed by atoms with Crippen LogP contribution in [0.15, 0.2) is 54.6 Å². The fourth-order valence-electron chi connectivity index (χ4n) is 2.49. The third-order valence-electron chi connectivity index (χ3n) is 3.58. The summed E-state index contributed by atoms with van der Waals surface area (Å²) in [4.78, 5) is 11.7. The highest BCUT2D eigenvalue weighted by Gasteiger charge is 2.13. The second-order valence-electron chi connectivity index (χ2n) is 4.87. The number of phenolic OH excluding ortho intramolecular Hbond substituents is 1. The Kier molecular flexibility index (Phi) is 3.51. The number of methoxy groups -OCH3 is 1. The van der Waals surface area contributed by atoms with Gasteiger partial charge in [-0.2, -0.15) is 0 Å². The number of carbonyl (C=O) groups excluding carboxylic acids is 1. The molecule has 22 heavy (non-hydrogen) atoms. The van der Waals surface area contributed by atoms with Gasteiger partial charge in [-0.1, -0.05) is 36.4 Å². The van der Waals surface area contributed by atoms with Crippen LogP contribution in [-0.4, -0.2) is 18.2 Å². The monoisotopic (exact) mass is 296 g/mol. The Labute approximate surface area is 126 Å². The van der Waals surface area contributed by atoms with Gasteiger partial charge in [-0.25, -0.2) is 9.18 Å². The van der Waals surface area contributed by atoms with Crippen LogP contribution in [0.4, 0.5) is 4.39 Å². The fraction of sp³-hybridized carbons (Fsp3) is 0.0556. The van der Waals surface area contributed by atoms with E-state index in [2.05, 4.69) is 0 Å². The molecule has 0 amide bonds. The Balaban J connectivity index is 2.29. The summed E-state index contributed by atoms with van der Waals surface area (Å²) in [5.41, 5.74) is 1.44. The maximum Gasteiger partial charge on any atom is 0.337 e. The molecule has 0 saturated carbocycles. The van der Waals surface area contributed by atoms with Crippen LogP contribution >= 0.6 is 0 Å². The summed E-state index contributed by atoms with van der Waals surface area (Å²) in [5.74, 6) is -1.53. The first kappa shape index (κ1) is 14.1. The molecule has 4 heteroatoms. The number of hydrogen-bond acceptors (Lipinski definition) is 3. The Morgan fingerprint density at radius 3 is 2.55 bits per heavy atom. The van der Waals surface area contributed by atoms with Crippen LogP contribution in [0.1, 0.15) is 10.4 Å². The average Bonchev–Trinajstić information content (AvgIpc) is 2.55. The van der Waals surface area contributed by atoms with E-state index in [0.717, 1.165) is 10.8 Å². The molecule has 0 fully saturated rings. The second-order valence-corrected chi connectivity index (χ2v) is 4.87. The van der Waals surface area contributed by atoms with E-state index in [1.165, 1.54) is 19.2 Å². The van der Waals surface area contributed by atoms with Gasteiger partial charge in [0.25, 0.3) is 0 Å². The molecule has 0 saturated heterocycles. The number of esters is 1. The highest BCUT2D eigenvalue weighted by atomic mass is 19.1. The van der Waals surface area contributed by atoms with E-state index >= 15 is 0 Å². The molecule has 0 bridgehead atoms. The van der Waals surface area contributed by atoms with Crippen LogP contribution in [0, 0.1) is 5.82 Å². The third kappa shape index (κ3) is 2.29. The van der Waals surface area contributed by atoms with E-state index in [1.54, 1.807) is 30.3 Å². The van der Waals surface area contributed by atoms with Crippen molar-refractivity contribution in [2.75, 3.05) is 7.11 Å². The van der Waals surface area contributed by atoms with Crippen LogP contribution in [0.5, 0.6) is 5.75 Å². The van der Waals surface area contributed by atoms with E-state index in [9.17, 15) is 14.3 Å². The molecular formula is C18H13FO3. The van der Waals surface area contributed by atoms with Gasteiger partial charge in [-0.15, -0.1) is 0 Å². The van der Waals surface area contributed by atoms with Crippen LogP contribution in [0.3, 0.4) is 0 Å². The Bertz CT molecular complexity index is 871. The summed E-state index contributed by atoms with van der Waals surface area (Å²) in [7, 11) is 1.32. The first-order chi connectivity index (χ1) is 10.6. The number of hydrogen-bond donors (Lipinski definition) is 1. The summed E-state index contributed by atoms with van der Waals surface area (Å²) >= 11 is 0. The zero-order valence-corrected chi connectivity index (χ0v) is 11.8. The largest absolute Gasteiger partial charge is 0.504 e. The van der Waals surface area contributed by atoms with Crippen molar-refractivity contribution in [1.29, 1.82) is 0 Å². The number of ether oxygens (including phenoxy) is 1. The van der Waals surface area contributed by atoms with Crippen molar-refractivity contribution in [3.63, 3.8) is 0 Å². The lowest BCUT2D eigenvalue weighted by atomic mass is 9.96. The zero-order valence-electron chi connectivity index (χ0n) is 11.8. The maximum absolute atomic E-state index is 13.6. The van der Waals surface area contributed by atoms with Crippen LogP contribution in [0.2, 0.25) is 0 Å². The molecule has 3 nitrogen and oxygen atoms in total. The molecule has 0 atom stereocenters. The lowest BCUT2D eigenvalue weighted by Gasteiger charge is -2.10. The number of para-hydroxylation sites is 1. The van der Waals surface area contributed by atoms with E-state index < -0.39 is 17.5 Å². The second kappa shape index (κ2) is 5.48. The van der Waals surface area contributed by atoms with Crippen molar-refractivity contribution >= 4 is 16.7 Å². The van der Waals surface area contributed by atoms with E-state index in [4.69, 9.17) is 4.74 Å². The first-order valence-corrected chi connectivity index (χ1v) is 6.71. The summed E-state index contributed by atoms with van der Waals surface area (Å²) in [6, 6.07) is 15.0. The number of benzene rings is 3. The SMILES string of the molecule is COC(=O)c1ccc2cccc(-c3cccc(F)c3O)c2c1. The molecule has 3 rings (SSSR count). The average molecular weight is 296 g/mol. The number of phenols is 1. The number of carbonyl (C=O) groups is 1. The normalized spacial score (nSPS) is 10.6. The molecule has 0 radical (unpaired) electrons. The van der Waals surface area contributed by atoms with Crippen molar-refractivity contribution in [1.82, 2.24) is 0 Å².